The van der Waals surface area contributed by atoms with E-state index < -0.39 is 15.9 Å². The van der Waals surface area contributed by atoms with Crippen LogP contribution in [0.3, 0.4) is 0 Å². The van der Waals surface area contributed by atoms with E-state index in [0.29, 0.717) is 20.9 Å². The average molecular weight is 400 g/mol. The number of nitroso groups, excluding NO2 is 1. The largest absolute Gasteiger partial charge is 0.279 e. The maximum atomic E-state index is 13.0. The summed E-state index contributed by atoms with van der Waals surface area (Å²) in [6.07, 6.45) is 1.33. The summed E-state index contributed by atoms with van der Waals surface area (Å²) in [5, 5.41) is 3.18. The lowest BCUT2D eigenvalue weighted by Crippen LogP contribution is -2.37. The number of para-hydroxylation sites is 1. The van der Waals surface area contributed by atoms with E-state index in [2.05, 4.69) is 10.3 Å². The molecule has 0 fully saturated rings. The molecule has 0 aliphatic heterocycles. The number of rotatable bonds is 6. The Morgan fingerprint density at radius 2 is 1.71 bits per heavy atom. The second-order valence-electron chi connectivity index (χ2n) is 5.80. The molecule has 0 saturated heterocycles. The van der Waals surface area contributed by atoms with Crippen molar-refractivity contribution in [2.75, 3.05) is 4.41 Å². The van der Waals surface area contributed by atoms with E-state index in [1.807, 2.05) is 0 Å². The Morgan fingerprint density at radius 3 is 2.39 bits per heavy atom. The van der Waals surface area contributed by atoms with E-state index in [1.165, 1.54) is 36.5 Å². The molecule has 0 aliphatic carbocycles. The van der Waals surface area contributed by atoms with E-state index >= 15 is 0 Å². The standard InChI is InChI=1S/C17H16N6O4S/c18-22(21-25)16(24)11-12-6-8-14(9-7-12)23(19)28(26,27)15-5-1-3-13-4-2-10-20-17(13)15/h1-10H,11,18-19H2. The molecule has 2 aromatic carbocycles. The SMILES string of the molecule is NN(N=O)C(=O)Cc1ccc(N(N)S(=O)(=O)c2cccc3cccnc23)cc1. The first kappa shape index (κ1) is 19.4. The number of hydrazine groups is 2. The normalized spacial score (nSPS) is 11.2. The van der Waals surface area contributed by atoms with Crippen molar-refractivity contribution in [1.82, 2.24) is 10.1 Å². The van der Waals surface area contributed by atoms with Crippen LogP contribution in [0, 0.1) is 4.91 Å². The summed E-state index contributed by atoms with van der Waals surface area (Å²) in [5.41, 5.74) is 1.000. The summed E-state index contributed by atoms with van der Waals surface area (Å²) in [4.78, 5) is 26.0. The van der Waals surface area contributed by atoms with Crippen LogP contribution in [0.2, 0.25) is 0 Å². The maximum Gasteiger partial charge on any atom is 0.279 e. The number of hydrogen-bond donors (Lipinski definition) is 2. The summed E-state index contributed by atoms with van der Waals surface area (Å²) >= 11 is 0. The van der Waals surface area contributed by atoms with Crippen molar-refractivity contribution >= 4 is 32.5 Å². The Labute approximate surface area is 160 Å². The molecule has 0 unspecified atom stereocenters. The lowest BCUT2D eigenvalue weighted by atomic mass is 10.1. The number of amides is 1. The minimum Gasteiger partial charge on any atom is -0.271 e. The third-order valence-electron chi connectivity index (χ3n) is 4.02. The van der Waals surface area contributed by atoms with Crippen LogP contribution in [-0.4, -0.2) is 24.4 Å². The number of nitrogens with zero attached hydrogens (tertiary/aromatic N) is 4. The molecule has 3 aromatic rings. The highest BCUT2D eigenvalue weighted by atomic mass is 32.2. The highest BCUT2D eigenvalue weighted by Crippen LogP contribution is 2.26. The quantitative estimate of drug-likeness (QED) is 0.273. The van der Waals surface area contributed by atoms with E-state index in [4.69, 9.17) is 11.7 Å². The first-order valence-electron chi connectivity index (χ1n) is 7.98. The van der Waals surface area contributed by atoms with Crippen molar-refractivity contribution in [3.8, 4) is 0 Å². The fraction of sp³-hybridized carbons (Fsp3) is 0.0588. The first-order chi connectivity index (χ1) is 13.3. The summed E-state index contributed by atoms with van der Waals surface area (Å²) in [7, 11) is -4.07. The number of anilines is 1. The van der Waals surface area contributed by atoms with Crippen molar-refractivity contribution in [2.45, 2.75) is 11.3 Å². The van der Waals surface area contributed by atoms with Crippen LogP contribution in [0.25, 0.3) is 10.9 Å². The van der Waals surface area contributed by atoms with Crippen LogP contribution in [0.4, 0.5) is 5.69 Å². The van der Waals surface area contributed by atoms with Crippen molar-refractivity contribution < 1.29 is 13.2 Å². The number of fused-ring (bicyclic) bond motifs is 1. The van der Waals surface area contributed by atoms with E-state index in [9.17, 15) is 18.1 Å². The summed E-state index contributed by atoms with van der Waals surface area (Å²) in [6.45, 7) is 0. The number of carbonyl (C=O) groups excluding carboxylic acids is 1. The van der Waals surface area contributed by atoms with Gasteiger partial charge in [0.15, 0.2) is 0 Å². The number of carbonyl (C=O) groups is 1. The molecule has 0 saturated carbocycles. The summed E-state index contributed by atoms with van der Waals surface area (Å²) in [6, 6.07) is 14.1. The van der Waals surface area contributed by atoms with Crippen LogP contribution >= 0.6 is 0 Å². The molecule has 4 N–H and O–H groups in total. The van der Waals surface area contributed by atoms with Gasteiger partial charge in [-0.3, -0.25) is 9.78 Å². The van der Waals surface area contributed by atoms with E-state index in [-0.39, 0.29) is 22.1 Å². The molecular formula is C17H16N6O4S. The lowest BCUT2D eigenvalue weighted by Gasteiger charge is -2.19. The van der Waals surface area contributed by atoms with Gasteiger partial charge in [-0.15, -0.1) is 10.0 Å². The zero-order chi connectivity index (χ0) is 20.3. The van der Waals surface area contributed by atoms with Crippen molar-refractivity contribution in [3.63, 3.8) is 0 Å². The fourth-order valence-corrected chi connectivity index (χ4v) is 3.87. The van der Waals surface area contributed by atoms with Crippen molar-refractivity contribution in [1.29, 1.82) is 0 Å². The van der Waals surface area contributed by atoms with E-state index in [0.717, 1.165) is 0 Å². The van der Waals surface area contributed by atoms with Crippen molar-refractivity contribution in [2.24, 2.45) is 17.0 Å². The lowest BCUT2D eigenvalue weighted by molar-refractivity contribution is -0.130. The first-order valence-corrected chi connectivity index (χ1v) is 9.42. The Balaban J connectivity index is 1.89. The molecule has 144 valence electrons. The number of sulfonamides is 1. The van der Waals surface area contributed by atoms with Crippen molar-refractivity contribution in [3.05, 3.63) is 71.3 Å². The smallest absolute Gasteiger partial charge is 0.271 e. The Bertz CT molecular complexity index is 1130. The predicted molar refractivity (Wildman–Crippen MR) is 103 cm³/mol. The molecule has 10 nitrogen and oxygen atoms in total. The minimum atomic E-state index is -4.07. The van der Waals surface area contributed by atoms with Crippen LogP contribution in [0.15, 0.2) is 71.0 Å². The van der Waals surface area contributed by atoms with Gasteiger partial charge in [-0.2, -0.15) is 8.42 Å². The number of hydrogen-bond acceptors (Lipinski definition) is 8. The number of pyridine rings is 1. The van der Waals surface area contributed by atoms with Gasteiger partial charge < -0.3 is 0 Å². The second-order valence-corrected chi connectivity index (χ2v) is 7.58. The fourth-order valence-electron chi connectivity index (χ4n) is 2.59. The molecule has 0 radical (unpaired) electrons. The van der Waals surface area contributed by atoms with Crippen LogP contribution in [-0.2, 0) is 21.2 Å². The molecule has 0 bridgehead atoms. The number of benzene rings is 2. The van der Waals surface area contributed by atoms with Crippen LogP contribution < -0.4 is 16.1 Å². The Morgan fingerprint density at radius 1 is 1.04 bits per heavy atom. The topological polar surface area (TPSA) is 152 Å². The predicted octanol–water partition coefficient (Wildman–Crippen LogP) is 1.23. The van der Waals surface area contributed by atoms with Gasteiger partial charge in [-0.05, 0) is 29.8 Å². The average Bonchev–Trinajstić information content (AvgIpc) is 2.72. The Hall–Kier alpha value is -3.41. The molecule has 0 spiro atoms. The monoisotopic (exact) mass is 400 g/mol. The number of nitrogens with two attached hydrogens (primary N) is 2. The molecule has 1 aromatic heterocycles. The highest BCUT2D eigenvalue weighted by molar-refractivity contribution is 7.93. The van der Waals surface area contributed by atoms with Gasteiger partial charge in [0.2, 0.25) is 0 Å². The Kier molecular flexibility index (Phi) is 5.31. The van der Waals surface area contributed by atoms with E-state index in [1.54, 1.807) is 24.3 Å². The summed E-state index contributed by atoms with van der Waals surface area (Å²) in [5.74, 6) is 10.3. The van der Waals surface area contributed by atoms with Gasteiger partial charge in [0.05, 0.1) is 22.9 Å². The molecule has 1 amide bonds. The van der Waals surface area contributed by atoms with Gasteiger partial charge in [0.25, 0.3) is 15.9 Å². The minimum absolute atomic E-state index is 0.0248. The molecular weight excluding hydrogens is 384 g/mol. The summed E-state index contributed by atoms with van der Waals surface area (Å²) < 4.78 is 26.6. The maximum absolute atomic E-state index is 13.0. The molecule has 0 atom stereocenters. The van der Waals surface area contributed by atoms with Gasteiger partial charge in [-0.25, -0.2) is 16.1 Å². The van der Waals surface area contributed by atoms with Gasteiger partial charge in [-0.1, -0.05) is 30.3 Å². The third-order valence-corrected chi connectivity index (χ3v) is 5.64. The zero-order valence-electron chi connectivity index (χ0n) is 14.5. The molecule has 11 heteroatoms. The molecule has 3 rings (SSSR count). The van der Waals surface area contributed by atoms with Gasteiger partial charge >= 0.3 is 0 Å². The van der Waals surface area contributed by atoms with Crippen LogP contribution in [0.1, 0.15) is 5.56 Å². The highest BCUT2D eigenvalue weighted by Gasteiger charge is 2.25. The molecule has 0 aliphatic rings. The zero-order valence-corrected chi connectivity index (χ0v) is 15.3. The molecule has 1 heterocycles. The van der Waals surface area contributed by atoms with Crippen LogP contribution in [0.5, 0.6) is 0 Å². The van der Waals surface area contributed by atoms with Gasteiger partial charge in [0.1, 0.15) is 4.90 Å². The molecule has 28 heavy (non-hydrogen) atoms. The number of aromatic nitrogens is 1. The second kappa shape index (κ2) is 7.68. The third kappa shape index (κ3) is 3.67. The van der Waals surface area contributed by atoms with Gasteiger partial charge in [0, 0.05) is 11.6 Å².